The fourth-order valence-electron chi connectivity index (χ4n) is 7.74. The lowest BCUT2D eigenvalue weighted by Gasteiger charge is -2.26. The molecule has 0 saturated heterocycles. The molecule has 1 nitrogen and oxygen atoms in total. The first-order chi connectivity index (χ1) is 18.6. The van der Waals surface area contributed by atoms with Crippen molar-refractivity contribution >= 4 is 21.7 Å². The molecule has 1 aromatic heterocycles. The summed E-state index contributed by atoms with van der Waals surface area (Å²) in [6, 6.07) is 38.3. The lowest BCUT2D eigenvalue weighted by atomic mass is 9.77. The number of hydrogen-bond donors (Lipinski definition) is 0. The third-order valence-electron chi connectivity index (χ3n) is 9.55. The van der Waals surface area contributed by atoms with Crippen LogP contribution < -0.4 is 0 Å². The second-order valence-electron chi connectivity index (χ2n) is 11.9. The number of rotatable bonds is 1. The fraction of sp³-hybridized carbons (Fsp3) is 0.162. The van der Waals surface area contributed by atoms with E-state index in [9.17, 15) is 0 Å². The molecule has 0 bridgehead atoms. The van der Waals surface area contributed by atoms with Gasteiger partial charge in [-0.05, 0) is 80.3 Å². The van der Waals surface area contributed by atoms with E-state index in [0.29, 0.717) is 11.8 Å². The number of pyridine rings is 1. The highest BCUT2D eigenvalue weighted by Crippen LogP contribution is 2.64. The molecule has 0 spiro atoms. The van der Waals surface area contributed by atoms with Gasteiger partial charge >= 0.3 is 0 Å². The van der Waals surface area contributed by atoms with Crippen molar-refractivity contribution in [1.82, 2.24) is 4.98 Å². The van der Waals surface area contributed by atoms with Crippen molar-refractivity contribution < 1.29 is 0 Å². The first kappa shape index (κ1) is 20.8. The minimum atomic E-state index is -0.105. The van der Waals surface area contributed by atoms with Gasteiger partial charge in [-0.15, -0.1) is 0 Å². The maximum Gasteiger partial charge on any atom is 0.0791 e. The van der Waals surface area contributed by atoms with Crippen molar-refractivity contribution in [2.75, 3.05) is 0 Å². The molecule has 1 heterocycles. The molecule has 6 aromatic rings. The summed E-state index contributed by atoms with van der Waals surface area (Å²) in [6.07, 6.45) is 1.29. The fourth-order valence-corrected chi connectivity index (χ4v) is 7.74. The van der Waals surface area contributed by atoms with Gasteiger partial charge in [0.25, 0.3) is 0 Å². The van der Waals surface area contributed by atoms with Gasteiger partial charge in [0.2, 0.25) is 0 Å². The summed E-state index contributed by atoms with van der Waals surface area (Å²) in [5, 5.41) is 3.71. The third-order valence-corrected chi connectivity index (χ3v) is 9.55. The SMILES string of the molecule is CC1(C)c2cc3c(cc2-c2cccc(-c4nc5ccccc5c5ccccc45)c21)-c1ccccc1C1CC31. The minimum Gasteiger partial charge on any atom is -0.247 e. The van der Waals surface area contributed by atoms with Crippen LogP contribution in [0.25, 0.3) is 55.2 Å². The van der Waals surface area contributed by atoms with E-state index in [1.807, 2.05) is 0 Å². The lowest BCUT2D eigenvalue weighted by molar-refractivity contribution is 0.660. The summed E-state index contributed by atoms with van der Waals surface area (Å²) in [5.41, 5.74) is 14.9. The van der Waals surface area contributed by atoms with Gasteiger partial charge in [-0.25, -0.2) is 4.98 Å². The zero-order valence-corrected chi connectivity index (χ0v) is 21.6. The normalized spacial score (nSPS) is 19.4. The number of nitrogens with zero attached hydrogens (tertiary/aromatic N) is 1. The molecule has 3 aliphatic rings. The van der Waals surface area contributed by atoms with Crippen LogP contribution >= 0.6 is 0 Å². The number of aromatic nitrogens is 1. The minimum absolute atomic E-state index is 0.105. The highest BCUT2D eigenvalue weighted by Gasteiger charge is 2.47. The van der Waals surface area contributed by atoms with Gasteiger partial charge in [0, 0.05) is 21.8 Å². The Morgan fingerprint density at radius 1 is 0.579 bits per heavy atom. The largest absolute Gasteiger partial charge is 0.247 e. The molecule has 0 radical (unpaired) electrons. The van der Waals surface area contributed by atoms with E-state index in [4.69, 9.17) is 4.98 Å². The first-order valence-electron chi connectivity index (χ1n) is 13.8. The highest BCUT2D eigenvalue weighted by atomic mass is 14.7. The average Bonchev–Trinajstić information content (AvgIpc) is 3.74. The first-order valence-corrected chi connectivity index (χ1v) is 13.8. The van der Waals surface area contributed by atoms with E-state index < -0.39 is 0 Å². The highest BCUT2D eigenvalue weighted by molar-refractivity contribution is 6.11. The Bertz CT molecular complexity index is 1990. The van der Waals surface area contributed by atoms with Gasteiger partial charge in [0.1, 0.15) is 0 Å². The van der Waals surface area contributed by atoms with E-state index in [1.165, 1.54) is 61.5 Å². The predicted molar refractivity (Wildman–Crippen MR) is 158 cm³/mol. The van der Waals surface area contributed by atoms with Crippen molar-refractivity contribution in [2.24, 2.45) is 0 Å². The van der Waals surface area contributed by atoms with Crippen LogP contribution in [0, 0.1) is 0 Å². The van der Waals surface area contributed by atoms with Crippen LogP contribution in [0.1, 0.15) is 54.4 Å². The van der Waals surface area contributed by atoms with Crippen molar-refractivity contribution in [3.63, 3.8) is 0 Å². The van der Waals surface area contributed by atoms with Gasteiger partial charge in [-0.2, -0.15) is 0 Å². The molecule has 1 saturated carbocycles. The van der Waals surface area contributed by atoms with Crippen LogP contribution in [0.3, 0.4) is 0 Å². The summed E-state index contributed by atoms with van der Waals surface area (Å²) >= 11 is 0. The monoisotopic (exact) mass is 485 g/mol. The third kappa shape index (κ3) is 2.54. The van der Waals surface area contributed by atoms with Crippen LogP contribution in [0.4, 0.5) is 0 Å². The molecule has 0 N–H and O–H groups in total. The van der Waals surface area contributed by atoms with Crippen molar-refractivity contribution in [3.05, 3.63) is 125 Å². The Balaban J connectivity index is 1.34. The number of benzene rings is 5. The molecule has 9 rings (SSSR count). The molecular formula is C37H27N. The molecule has 2 atom stereocenters. The predicted octanol–water partition coefficient (Wildman–Crippen LogP) is 9.61. The van der Waals surface area contributed by atoms with Crippen LogP contribution in [0.2, 0.25) is 0 Å². The molecule has 38 heavy (non-hydrogen) atoms. The van der Waals surface area contributed by atoms with E-state index >= 15 is 0 Å². The molecule has 3 aliphatic carbocycles. The Kier molecular flexibility index (Phi) is 3.83. The number of hydrogen-bond acceptors (Lipinski definition) is 1. The Labute approximate surface area is 222 Å². The summed E-state index contributed by atoms with van der Waals surface area (Å²) in [7, 11) is 0. The van der Waals surface area contributed by atoms with E-state index in [0.717, 1.165) is 11.2 Å². The van der Waals surface area contributed by atoms with E-state index in [2.05, 4.69) is 117 Å². The smallest absolute Gasteiger partial charge is 0.0791 e. The molecule has 2 unspecified atom stereocenters. The summed E-state index contributed by atoms with van der Waals surface area (Å²) in [6.45, 7) is 4.83. The average molecular weight is 486 g/mol. The second-order valence-corrected chi connectivity index (χ2v) is 11.9. The van der Waals surface area contributed by atoms with Crippen molar-refractivity contribution in [3.8, 4) is 33.5 Å². The molecule has 0 amide bonds. The molecular weight excluding hydrogens is 458 g/mol. The van der Waals surface area contributed by atoms with E-state index in [-0.39, 0.29) is 5.41 Å². The van der Waals surface area contributed by atoms with Gasteiger partial charge in [0.05, 0.1) is 11.2 Å². The van der Waals surface area contributed by atoms with Crippen LogP contribution in [-0.2, 0) is 5.41 Å². The number of para-hydroxylation sites is 1. The zero-order chi connectivity index (χ0) is 25.2. The standard InChI is InChI=1S/C37H27N/c1-37(2)33-20-31-29(22-11-4-3-10-21(22)28-18-30(28)31)19-32(33)25-15-9-16-27(35(25)37)36-26-14-6-5-12-23(26)24-13-7-8-17-34(24)38-36/h3-17,19-20,28,30H,18H2,1-2H3. The Hall–Kier alpha value is -4.23. The zero-order valence-electron chi connectivity index (χ0n) is 21.6. The van der Waals surface area contributed by atoms with Crippen LogP contribution in [0.5, 0.6) is 0 Å². The quantitative estimate of drug-likeness (QED) is 0.211. The maximum atomic E-state index is 5.31. The van der Waals surface area contributed by atoms with Crippen LogP contribution in [-0.4, -0.2) is 4.98 Å². The summed E-state index contributed by atoms with van der Waals surface area (Å²) in [5.74, 6) is 1.38. The topological polar surface area (TPSA) is 12.9 Å². The van der Waals surface area contributed by atoms with Crippen LogP contribution in [0.15, 0.2) is 103 Å². The van der Waals surface area contributed by atoms with Crippen molar-refractivity contribution in [1.29, 1.82) is 0 Å². The number of fused-ring (bicyclic) bond motifs is 12. The van der Waals surface area contributed by atoms with Gasteiger partial charge in [-0.1, -0.05) is 105 Å². The molecule has 1 heteroatoms. The summed E-state index contributed by atoms with van der Waals surface area (Å²) in [4.78, 5) is 5.31. The van der Waals surface area contributed by atoms with Crippen molar-refractivity contribution in [2.45, 2.75) is 37.5 Å². The van der Waals surface area contributed by atoms with Gasteiger partial charge in [-0.3, -0.25) is 0 Å². The van der Waals surface area contributed by atoms with Gasteiger partial charge in [0.15, 0.2) is 0 Å². The lowest BCUT2D eigenvalue weighted by Crippen LogP contribution is -2.17. The maximum absolute atomic E-state index is 5.31. The molecule has 0 aliphatic heterocycles. The molecule has 1 fully saturated rings. The molecule has 180 valence electrons. The van der Waals surface area contributed by atoms with E-state index in [1.54, 1.807) is 11.1 Å². The Morgan fingerprint density at radius 3 is 2.16 bits per heavy atom. The second kappa shape index (κ2) is 6.99. The molecule has 5 aromatic carbocycles. The van der Waals surface area contributed by atoms with Gasteiger partial charge < -0.3 is 0 Å². The Morgan fingerprint density at radius 2 is 1.26 bits per heavy atom. The summed E-state index contributed by atoms with van der Waals surface area (Å²) < 4.78 is 0.